The molecule has 0 radical (unpaired) electrons. The third kappa shape index (κ3) is 5.07. The first-order valence-corrected chi connectivity index (χ1v) is 7.01. The Kier molecular flexibility index (Phi) is 5.74. The lowest BCUT2D eigenvalue weighted by atomic mass is 10.1. The molecule has 0 bridgehead atoms. The predicted molar refractivity (Wildman–Crippen MR) is 84.1 cm³/mol. The van der Waals surface area contributed by atoms with Crippen LogP contribution in [0, 0.1) is 11.3 Å². The summed E-state index contributed by atoms with van der Waals surface area (Å²) in [7, 11) is 0. The Morgan fingerprint density at radius 3 is 2.72 bits per heavy atom. The van der Waals surface area contributed by atoms with Crippen LogP contribution in [-0.4, -0.2) is 18.7 Å². The van der Waals surface area contributed by atoms with Gasteiger partial charge in [0.1, 0.15) is 11.8 Å². The number of carbonyl (C=O) groups is 1. The van der Waals surface area contributed by atoms with Gasteiger partial charge in [0.15, 0.2) is 6.61 Å². The topological polar surface area (TPSA) is 74.5 Å². The van der Waals surface area contributed by atoms with E-state index in [0.717, 1.165) is 18.2 Å². The van der Waals surface area contributed by atoms with Crippen molar-refractivity contribution in [1.82, 2.24) is 5.43 Å². The zero-order valence-electron chi connectivity index (χ0n) is 12.7. The van der Waals surface area contributed by atoms with Gasteiger partial charge in [0.2, 0.25) is 0 Å². The van der Waals surface area contributed by atoms with E-state index < -0.39 is 17.6 Å². The molecule has 128 valence electrons. The van der Waals surface area contributed by atoms with Crippen LogP contribution in [0.15, 0.2) is 53.6 Å². The third-order valence-electron chi connectivity index (χ3n) is 3.03. The quantitative estimate of drug-likeness (QED) is 0.666. The highest BCUT2D eigenvalue weighted by molar-refractivity contribution is 5.95. The van der Waals surface area contributed by atoms with Crippen LogP contribution >= 0.6 is 0 Å². The first-order valence-electron chi connectivity index (χ1n) is 7.01. The molecule has 0 fully saturated rings. The number of alkyl halides is 3. The molecule has 0 aliphatic carbocycles. The van der Waals surface area contributed by atoms with Crippen LogP contribution in [0.2, 0.25) is 0 Å². The number of rotatable bonds is 5. The van der Waals surface area contributed by atoms with Crippen LogP contribution in [-0.2, 0) is 6.18 Å². The maximum Gasteiger partial charge on any atom is 0.416 e. The van der Waals surface area contributed by atoms with E-state index >= 15 is 0 Å². The van der Waals surface area contributed by atoms with E-state index in [1.165, 1.54) is 12.3 Å². The maximum atomic E-state index is 12.7. The normalized spacial score (nSPS) is 11.1. The van der Waals surface area contributed by atoms with Crippen LogP contribution in [0.3, 0.4) is 0 Å². The molecule has 0 aliphatic heterocycles. The van der Waals surface area contributed by atoms with Gasteiger partial charge in [0, 0.05) is 11.1 Å². The van der Waals surface area contributed by atoms with Gasteiger partial charge in [-0.1, -0.05) is 18.2 Å². The summed E-state index contributed by atoms with van der Waals surface area (Å²) in [5.41, 5.74) is 1.57. The third-order valence-corrected chi connectivity index (χ3v) is 3.03. The highest BCUT2D eigenvalue weighted by atomic mass is 19.4. The number of hydrogen-bond acceptors (Lipinski definition) is 4. The maximum absolute atomic E-state index is 12.7. The highest BCUT2D eigenvalue weighted by Gasteiger charge is 2.30. The fraction of sp³-hybridized carbons (Fsp3) is 0.118. The monoisotopic (exact) mass is 347 g/mol. The van der Waals surface area contributed by atoms with E-state index in [0.29, 0.717) is 11.3 Å². The molecule has 5 nitrogen and oxygen atoms in total. The van der Waals surface area contributed by atoms with Crippen molar-refractivity contribution in [3.05, 3.63) is 65.2 Å². The van der Waals surface area contributed by atoms with Crippen LogP contribution in [0.25, 0.3) is 0 Å². The van der Waals surface area contributed by atoms with E-state index in [2.05, 4.69) is 10.5 Å². The number of hydrogen-bond donors (Lipinski definition) is 1. The van der Waals surface area contributed by atoms with Gasteiger partial charge in [-0.05, 0) is 30.3 Å². The second kappa shape index (κ2) is 7.97. The number of para-hydroxylation sites is 1. The Bertz CT molecular complexity index is 826. The second-order valence-electron chi connectivity index (χ2n) is 4.76. The fourth-order valence-corrected chi connectivity index (χ4v) is 1.89. The molecule has 0 saturated carbocycles. The van der Waals surface area contributed by atoms with Crippen molar-refractivity contribution >= 4 is 12.1 Å². The standard InChI is InChI=1S/C17H12F3N3O2/c18-17(19,20)14-6-3-5-12(10-14)16(24)23-22-11-13-4-1-2-7-15(13)25-9-8-21/h1-7,10-11H,9H2,(H,23,24). The van der Waals surface area contributed by atoms with Crippen LogP contribution in [0.4, 0.5) is 13.2 Å². The SMILES string of the molecule is N#CCOc1ccccc1C=NNC(=O)c1cccc(C(F)(F)F)c1. The van der Waals surface area contributed by atoms with Crippen molar-refractivity contribution < 1.29 is 22.7 Å². The molecule has 2 rings (SSSR count). The molecule has 2 aromatic rings. The van der Waals surface area contributed by atoms with Crippen molar-refractivity contribution in [2.24, 2.45) is 5.10 Å². The molecule has 0 aliphatic rings. The second-order valence-corrected chi connectivity index (χ2v) is 4.76. The van der Waals surface area contributed by atoms with Gasteiger partial charge in [-0.2, -0.15) is 23.5 Å². The number of halogens is 3. The van der Waals surface area contributed by atoms with Crippen LogP contribution < -0.4 is 10.2 Å². The molecule has 0 aromatic heterocycles. The number of nitriles is 1. The molecular weight excluding hydrogens is 335 g/mol. The summed E-state index contributed by atoms with van der Waals surface area (Å²) in [6.45, 7) is -0.151. The average molecular weight is 347 g/mol. The van der Waals surface area contributed by atoms with Gasteiger partial charge in [0.25, 0.3) is 5.91 Å². The molecular formula is C17H12F3N3O2. The van der Waals surface area contributed by atoms with E-state index in [9.17, 15) is 18.0 Å². The van der Waals surface area contributed by atoms with Gasteiger partial charge in [0.05, 0.1) is 11.8 Å². The lowest BCUT2D eigenvalue weighted by Crippen LogP contribution is -2.18. The lowest BCUT2D eigenvalue weighted by Gasteiger charge is -2.08. The molecule has 25 heavy (non-hydrogen) atoms. The van der Waals surface area contributed by atoms with Crippen LogP contribution in [0.1, 0.15) is 21.5 Å². The summed E-state index contributed by atoms with van der Waals surface area (Å²) in [5.74, 6) is -0.390. The summed E-state index contributed by atoms with van der Waals surface area (Å²) in [5, 5.41) is 12.2. The van der Waals surface area contributed by atoms with Gasteiger partial charge in [-0.3, -0.25) is 4.79 Å². The van der Waals surface area contributed by atoms with Gasteiger partial charge >= 0.3 is 6.18 Å². The van der Waals surface area contributed by atoms with E-state index in [1.54, 1.807) is 24.3 Å². The Balaban J connectivity index is 2.08. The number of nitrogens with one attached hydrogen (secondary N) is 1. The minimum atomic E-state index is -4.53. The number of amides is 1. The van der Waals surface area contributed by atoms with Crippen molar-refractivity contribution in [2.45, 2.75) is 6.18 Å². The molecule has 0 saturated heterocycles. The van der Waals surface area contributed by atoms with Crippen molar-refractivity contribution in [3.8, 4) is 11.8 Å². The van der Waals surface area contributed by atoms with Gasteiger partial charge < -0.3 is 4.74 Å². The number of benzene rings is 2. The first kappa shape index (κ1) is 18.0. The Labute approximate surface area is 141 Å². The summed E-state index contributed by atoms with van der Waals surface area (Å²) in [4.78, 5) is 11.9. The zero-order chi connectivity index (χ0) is 18.3. The molecule has 0 spiro atoms. The number of nitrogens with zero attached hydrogens (tertiary/aromatic N) is 2. The van der Waals surface area contributed by atoms with E-state index in [-0.39, 0.29) is 12.2 Å². The first-order chi connectivity index (χ1) is 11.9. The van der Waals surface area contributed by atoms with E-state index in [1.807, 2.05) is 6.07 Å². The summed E-state index contributed by atoms with van der Waals surface area (Å²) in [6.07, 6.45) is -3.26. The van der Waals surface area contributed by atoms with E-state index in [4.69, 9.17) is 10.00 Å². The molecule has 0 heterocycles. The summed E-state index contributed by atoms with van der Waals surface area (Å²) >= 11 is 0. The minimum absolute atomic E-state index is 0.151. The molecule has 1 amide bonds. The molecule has 2 aromatic carbocycles. The van der Waals surface area contributed by atoms with Gasteiger partial charge in [-0.25, -0.2) is 5.43 Å². The molecule has 0 unspecified atom stereocenters. The molecule has 8 heteroatoms. The largest absolute Gasteiger partial charge is 0.478 e. The Hall–Kier alpha value is -3.34. The molecule has 1 N–H and O–H groups in total. The van der Waals surface area contributed by atoms with Crippen LogP contribution in [0.5, 0.6) is 5.75 Å². The van der Waals surface area contributed by atoms with Crippen molar-refractivity contribution in [2.75, 3.05) is 6.61 Å². The summed E-state index contributed by atoms with van der Waals surface area (Å²) < 4.78 is 43.1. The zero-order valence-corrected chi connectivity index (χ0v) is 12.7. The predicted octanol–water partition coefficient (Wildman–Crippen LogP) is 3.37. The lowest BCUT2D eigenvalue weighted by molar-refractivity contribution is -0.137. The molecule has 0 atom stereocenters. The fourth-order valence-electron chi connectivity index (χ4n) is 1.89. The Morgan fingerprint density at radius 1 is 1.24 bits per heavy atom. The summed E-state index contributed by atoms with van der Waals surface area (Å²) in [6, 6.07) is 12.5. The number of ether oxygens (including phenoxy) is 1. The number of hydrazone groups is 1. The highest BCUT2D eigenvalue weighted by Crippen LogP contribution is 2.29. The van der Waals surface area contributed by atoms with Gasteiger partial charge in [-0.15, -0.1) is 0 Å². The Morgan fingerprint density at radius 2 is 2.00 bits per heavy atom. The van der Waals surface area contributed by atoms with Crippen molar-refractivity contribution in [1.29, 1.82) is 5.26 Å². The smallest absolute Gasteiger partial charge is 0.416 e. The minimum Gasteiger partial charge on any atom is -0.478 e. The number of carbonyl (C=O) groups excluding carboxylic acids is 1. The average Bonchev–Trinajstić information content (AvgIpc) is 2.60. The van der Waals surface area contributed by atoms with Crippen molar-refractivity contribution in [3.63, 3.8) is 0 Å².